The van der Waals surface area contributed by atoms with Gasteiger partial charge in [-0.25, -0.2) is 0 Å². The van der Waals surface area contributed by atoms with Crippen molar-refractivity contribution >= 4 is 11.7 Å². The van der Waals surface area contributed by atoms with E-state index in [9.17, 15) is 4.79 Å². The molecule has 0 unspecified atom stereocenters. The van der Waals surface area contributed by atoms with Crippen molar-refractivity contribution in [1.29, 1.82) is 0 Å². The second kappa shape index (κ2) is 7.36. The Morgan fingerprint density at radius 2 is 1.84 bits per heavy atom. The van der Waals surface area contributed by atoms with Gasteiger partial charge in [-0.15, -0.1) is 0 Å². The monoisotopic (exact) mass is 269 g/mol. The third-order valence-electron chi connectivity index (χ3n) is 4.13. The molecule has 1 rings (SSSR count). The van der Waals surface area contributed by atoms with Crippen LogP contribution >= 0.6 is 0 Å². The van der Waals surface area contributed by atoms with Crippen molar-refractivity contribution in [2.45, 2.75) is 58.8 Å². The van der Waals surface area contributed by atoms with Gasteiger partial charge in [0.15, 0.2) is 5.84 Å². The van der Waals surface area contributed by atoms with E-state index in [4.69, 9.17) is 10.9 Å². The fourth-order valence-corrected chi connectivity index (χ4v) is 2.98. The van der Waals surface area contributed by atoms with Gasteiger partial charge in [-0.1, -0.05) is 37.8 Å². The minimum absolute atomic E-state index is 0.0362. The number of carbonyl (C=O) groups is 1. The lowest BCUT2D eigenvalue weighted by Crippen LogP contribution is -2.51. The zero-order valence-electron chi connectivity index (χ0n) is 12.2. The molecular formula is C14H27N3O2. The summed E-state index contributed by atoms with van der Waals surface area (Å²) in [5, 5.41) is 12.2. The molecule has 0 saturated heterocycles. The van der Waals surface area contributed by atoms with Crippen molar-refractivity contribution in [3.63, 3.8) is 0 Å². The summed E-state index contributed by atoms with van der Waals surface area (Å²) in [6.45, 7) is 5.44. The van der Waals surface area contributed by atoms with Crippen LogP contribution in [-0.4, -0.2) is 34.9 Å². The van der Waals surface area contributed by atoms with Crippen LogP contribution in [0.15, 0.2) is 5.16 Å². The van der Waals surface area contributed by atoms with E-state index in [2.05, 4.69) is 12.1 Å². The highest BCUT2D eigenvalue weighted by Crippen LogP contribution is 2.37. The van der Waals surface area contributed by atoms with E-state index in [1.54, 1.807) is 0 Å². The van der Waals surface area contributed by atoms with Crippen molar-refractivity contribution in [3.8, 4) is 0 Å². The van der Waals surface area contributed by atoms with Gasteiger partial charge in [0.25, 0.3) is 0 Å². The molecule has 1 saturated carbocycles. The standard InChI is InChI=1S/C14H27N3O2/c1-3-11-17(4-2)13(18)14(12(15)16-19)9-7-5-6-8-10-14/h19H,3-11H2,1-2H3,(H2,15,16). The molecule has 0 atom stereocenters. The summed E-state index contributed by atoms with van der Waals surface area (Å²) in [6, 6.07) is 0. The first kappa shape index (κ1) is 15.8. The van der Waals surface area contributed by atoms with E-state index in [0.29, 0.717) is 19.4 Å². The van der Waals surface area contributed by atoms with Crippen molar-refractivity contribution in [3.05, 3.63) is 0 Å². The van der Waals surface area contributed by atoms with Gasteiger partial charge >= 0.3 is 0 Å². The van der Waals surface area contributed by atoms with Crippen LogP contribution in [0, 0.1) is 5.41 Å². The average Bonchev–Trinajstić information content (AvgIpc) is 2.69. The SMILES string of the molecule is CCCN(CC)C(=O)C1(C(N)=NO)CCCCCC1. The molecule has 0 spiro atoms. The number of oxime groups is 1. The predicted octanol–water partition coefficient (Wildman–Crippen LogP) is 2.33. The van der Waals surface area contributed by atoms with Gasteiger partial charge in [0.2, 0.25) is 5.91 Å². The lowest BCUT2D eigenvalue weighted by molar-refractivity contribution is -0.139. The van der Waals surface area contributed by atoms with Crippen LogP contribution < -0.4 is 5.73 Å². The van der Waals surface area contributed by atoms with Crippen LogP contribution in [0.2, 0.25) is 0 Å². The first-order chi connectivity index (χ1) is 9.12. The normalized spacial score (nSPS) is 19.8. The molecule has 0 heterocycles. The highest BCUT2D eigenvalue weighted by Gasteiger charge is 2.44. The Labute approximate surface area is 115 Å². The Hall–Kier alpha value is -1.26. The summed E-state index contributed by atoms with van der Waals surface area (Å²) in [5.74, 6) is 0.128. The first-order valence-electron chi connectivity index (χ1n) is 7.39. The minimum atomic E-state index is -0.781. The number of hydrogen-bond donors (Lipinski definition) is 2. The Morgan fingerprint density at radius 3 is 2.26 bits per heavy atom. The van der Waals surface area contributed by atoms with Gasteiger partial charge in [-0.2, -0.15) is 0 Å². The first-order valence-corrected chi connectivity index (χ1v) is 7.39. The fraction of sp³-hybridized carbons (Fsp3) is 0.857. The van der Waals surface area contributed by atoms with Crippen molar-refractivity contribution in [1.82, 2.24) is 4.90 Å². The van der Waals surface area contributed by atoms with Gasteiger partial charge in [0.05, 0.1) is 0 Å². The Morgan fingerprint density at radius 1 is 1.26 bits per heavy atom. The summed E-state index contributed by atoms with van der Waals surface area (Å²) >= 11 is 0. The molecule has 0 bridgehead atoms. The quantitative estimate of drug-likeness (QED) is 0.264. The molecule has 0 aliphatic heterocycles. The molecular weight excluding hydrogens is 242 g/mol. The molecule has 0 aromatic heterocycles. The van der Waals surface area contributed by atoms with E-state index in [1.165, 1.54) is 0 Å². The lowest BCUT2D eigenvalue weighted by Gasteiger charge is -2.35. The molecule has 5 nitrogen and oxygen atoms in total. The number of nitrogens with two attached hydrogens (primary N) is 1. The molecule has 0 radical (unpaired) electrons. The number of amidine groups is 1. The van der Waals surface area contributed by atoms with Crippen LogP contribution in [0.25, 0.3) is 0 Å². The highest BCUT2D eigenvalue weighted by atomic mass is 16.4. The highest BCUT2D eigenvalue weighted by molar-refractivity contribution is 6.06. The number of hydrogen-bond acceptors (Lipinski definition) is 3. The maximum atomic E-state index is 12.8. The van der Waals surface area contributed by atoms with Crippen LogP contribution in [0.3, 0.4) is 0 Å². The maximum Gasteiger partial charge on any atom is 0.236 e. The Balaban J connectivity index is 3.04. The number of nitrogens with zero attached hydrogens (tertiary/aromatic N) is 2. The topological polar surface area (TPSA) is 78.9 Å². The Bertz CT molecular complexity index is 321. The van der Waals surface area contributed by atoms with E-state index >= 15 is 0 Å². The number of amides is 1. The second-order valence-corrected chi connectivity index (χ2v) is 5.37. The fourth-order valence-electron chi connectivity index (χ4n) is 2.98. The van der Waals surface area contributed by atoms with Crippen molar-refractivity contribution in [2.24, 2.45) is 16.3 Å². The van der Waals surface area contributed by atoms with Crippen molar-refractivity contribution < 1.29 is 10.0 Å². The number of carbonyl (C=O) groups excluding carboxylic acids is 1. The third kappa shape index (κ3) is 3.39. The van der Waals surface area contributed by atoms with Gasteiger partial charge < -0.3 is 15.8 Å². The molecule has 0 aromatic carbocycles. The smallest absolute Gasteiger partial charge is 0.236 e. The second-order valence-electron chi connectivity index (χ2n) is 5.37. The zero-order valence-corrected chi connectivity index (χ0v) is 12.2. The van der Waals surface area contributed by atoms with Crippen molar-refractivity contribution in [2.75, 3.05) is 13.1 Å². The number of rotatable bonds is 5. The van der Waals surface area contributed by atoms with Crippen LogP contribution in [-0.2, 0) is 4.79 Å². The summed E-state index contributed by atoms with van der Waals surface area (Å²) in [7, 11) is 0. The average molecular weight is 269 g/mol. The van der Waals surface area contributed by atoms with E-state index in [0.717, 1.165) is 38.6 Å². The van der Waals surface area contributed by atoms with Gasteiger partial charge in [-0.3, -0.25) is 4.79 Å². The molecule has 110 valence electrons. The van der Waals surface area contributed by atoms with Gasteiger partial charge in [0.1, 0.15) is 5.41 Å². The molecule has 1 amide bonds. The molecule has 0 aromatic rings. The maximum absolute atomic E-state index is 12.8. The van der Waals surface area contributed by atoms with Crippen LogP contribution in [0.5, 0.6) is 0 Å². The summed E-state index contributed by atoms with van der Waals surface area (Å²) in [6.07, 6.45) is 6.48. The third-order valence-corrected chi connectivity index (χ3v) is 4.13. The minimum Gasteiger partial charge on any atom is -0.409 e. The molecule has 19 heavy (non-hydrogen) atoms. The van der Waals surface area contributed by atoms with Crippen LogP contribution in [0.1, 0.15) is 58.8 Å². The van der Waals surface area contributed by atoms with E-state index in [-0.39, 0.29) is 11.7 Å². The van der Waals surface area contributed by atoms with Gasteiger partial charge in [-0.05, 0) is 26.2 Å². The molecule has 1 aliphatic rings. The molecule has 5 heteroatoms. The van der Waals surface area contributed by atoms with E-state index < -0.39 is 5.41 Å². The molecule has 1 aliphatic carbocycles. The molecule has 1 fully saturated rings. The summed E-state index contributed by atoms with van der Waals surface area (Å²) < 4.78 is 0. The summed E-state index contributed by atoms with van der Waals surface area (Å²) in [4.78, 5) is 14.7. The van der Waals surface area contributed by atoms with E-state index in [1.807, 2.05) is 11.8 Å². The Kier molecular flexibility index (Phi) is 6.12. The van der Waals surface area contributed by atoms with Crippen LogP contribution in [0.4, 0.5) is 0 Å². The molecule has 3 N–H and O–H groups in total. The predicted molar refractivity (Wildman–Crippen MR) is 76.1 cm³/mol. The lowest BCUT2D eigenvalue weighted by atomic mass is 9.77. The summed E-state index contributed by atoms with van der Waals surface area (Å²) in [5.41, 5.74) is 5.11. The largest absolute Gasteiger partial charge is 0.409 e. The zero-order chi connectivity index (χ0) is 14.3. The van der Waals surface area contributed by atoms with Gasteiger partial charge in [0, 0.05) is 13.1 Å².